The van der Waals surface area contributed by atoms with Gasteiger partial charge in [0.1, 0.15) is 5.82 Å². The van der Waals surface area contributed by atoms with Gasteiger partial charge in [0.25, 0.3) is 0 Å². The second-order valence-corrected chi connectivity index (χ2v) is 4.84. The summed E-state index contributed by atoms with van der Waals surface area (Å²) in [4.78, 5) is 7.88. The molecule has 4 heteroatoms. The zero-order valence-electron chi connectivity index (χ0n) is 9.26. The SMILES string of the molecule is CN(Cc1cccc(N)n1)Cc1cccs1. The molecule has 2 N–H and O–H groups in total. The molecule has 0 amide bonds. The van der Waals surface area contributed by atoms with Gasteiger partial charge in [-0.1, -0.05) is 12.1 Å². The molecule has 0 bridgehead atoms. The molecule has 0 saturated heterocycles. The van der Waals surface area contributed by atoms with E-state index in [0.29, 0.717) is 5.82 Å². The Morgan fingerprint density at radius 1 is 1.25 bits per heavy atom. The van der Waals surface area contributed by atoms with Crippen LogP contribution in [0.4, 0.5) is 5.82 Å². The fourth-order valence-corrected chi connectivity index (χ4v) is 2.37. The average Bonchev–Trinajstić information content (AvgIpc) is 2.70. The number of hydrogen-bond donors (Lipinski definition) is 1. The smallest absolute Gasteiger partial charge is 0.123 e. The number of nitrogen functional groups attached to an aromatic ring is 1. The second kappa shape index (κ2) is 5.09. The third kappa shape index (κ3) is 3.05. The summed E-state index contributed by atoms with van der Waals surface area (Å²) in [6.07, 6.45) is 0. The number of hydrogen-bond acceptors (Lipinski definition) is 4. The quantitative estimate of drug-likeness (QED) is 0.881. The first kappa shape index (κ1) is 11.1. The Morgan fingerprint density at radius 2 is 2.12 bits per heavy atom. The first-order valence-electron chi connectivity index (χ1n) is 5.16. The van der Waals surface area contributed by atoms with Gasteiger partial charge in [-0.25, -0.2) is 4.98 Å². The van der Waals surface area contributed by atoms with Gasteiger partial charge in [-0.3, -0.25) is 4.90 Å². The summed E-state index contributed by atoms with van der Waals surface area (Å²) in [5.74, 6) is 0.585. The van der Waals surface area contributed by atoms with Gasteiger partial charge in [-0.2, -0.15) is 0 Å². The molecule has 2 heterocycles. The Bertz CT molecular complexity index is 439. The van der Waals surface area contributed by atoms with Crippen LogP contribution in [-0.2, 0) is 13.1 Å². The van der Waals surface area contributed by atoms with E-state index in [2.05, 4.69) is 34.4 Å². The summed E-state index contributed by atoms with van der Waals surface area (Å²) in [6.45, 7) is 1.77. The van der Waals surface area contributed by atoms with Gasteiger partial charge in [-0.15, -0.1) is 11.3 Å². The van der Waals surface area contributed by atoms with Crippen LogP contribution < -0.4 is 5.73 Å². The molecule has 3 nitrogen and oxygen atoms in total. The predicted octanol–water partition coefficient (Wildman–Crippen LogP) is 2.36. The van der Waals surface area contributed by atoms with Gasteiger partial charge in [0, 0.05) is 18.0 Å². The molecule has 0 aliphatic heterocycles. The van der Waals surface area contributed by atoms with Gasteiger partial charge < -0.3 is 5.73 Å². The number of anilines is 1. The highest BCUT2D eigenvalue weighted by molar-refractivity contribution is 7.09. The zero-order valence-corrected chi connectivity index (χ0v) is 10.1. The van der Waals surface area contributed by atoms with Gasteiger partial charge >= 0.3 is 0 Å². The largest absolute Gasteiger partial charge is 0.384 e. The normalized spacial score (nSPS) is 10.9. The molecule has 0 fully saturated rings. The monoisotopic (exact) mass is 233 g/mol. The van der Waals surface area contributed by atoms with E-state index in [4.69, 9.17) is 5.73 Å². The predicted molar refractivity (Wildman–Crippen MR) is 68.1 cm³/mol. The summed E-state index contributed by atoms with van der Waals surface area (Å²) in [7, 11) is 2.09. The van der Waals surface area contributed by atoms with Crippen molar-refractivity contribution in [2.24, 2.45) is 0 Å². The molecule has 0 aromatic carbocycles. The third-order valence-corrected chi connectivity index (χ3v) is 3.13. The van der Waals surface area contributed by atoms with Crippen molar-refractivity contribution in [1.82, 2.24) is 9.88 Å². The van der Waals surface area contributed by atoms with Crippen molar-refractivity contribution in [2.45, 2.75) is 13.1 Å². The summed E-state index contributed by atoms with van der Waals surface area (Å²) < 4.78 is 0. The molecule has 0 aliphatic rings. The van der Waals surface area contributed by atoms with Crippen LogP contribution in [0.2, 0.25) is 0 Å². The Balaban J connectivity index is 1.94. The lowest BCUT2D eigenvalue weighted by Gasteiger charge is -2.15. The lowest BCUT2D eigenvalue weighted by Crippen LogP contribution is -2.17. The molecular weight excluding hydrogens is 218 g/mol. The summed E-state index contributed by atoms with van der Waals surface area (Å²) in [5.41, 5.74) is 6.66. The van der Waals surface area contributed by atoms with Crippen LogP contribution in [0.25, 0.3) is 0 Å². The molecule has 0 unspecified atom stereocenters. The van der Waals surface area contributed by atoms with E-state index in [0.717, 1.165) is 18.8 Å². The summed E-state index contributed by atoms with van der Waals surface area (Å²) in [6, 6.07) is 9.97. The van der Waals surface area contributed by atoms with E-state index in [1.807, 2.05) is 18.2 Å². The lowest BCUT2D eigenvalue weighted by molar-refractivity contribution is 0.318. The number of rotatable bonds is 4. The van der Waals surface area contributed by atoms with E-state index in [9.17, 15) is 0 Å². The van der Waals surface area contributed by atoms with Crippen molar-refractivity contribution in [3.05, 3.63) is 46.3 Å². The molecule has 84 valence electrons. The molecule has 16 heavy (non-hydrogen) atoms. The molecule has 2 rings (SSSR count). The van der Waals surface area contributed by atoms with E-state index < -0.39 is 0 Å². The van der Waals surface area contributed by atoms with E-state index >= 15 is 0 Å². The minimum Gasteiger partial charge on any atom is -0.384 e. The molecule has 2 aromatic rings. The first-order chi connectivity index (χ1) is 7.74. The molecule has 0 aliphatic carbocycles. The number of pyridine rings is 1. The van der Waals surface area contributed by atoms with Crippen molar-refractivity contribution in [2.75, 3.05) is 12.8 Å². The van der Waals surface area contributed by atoms with E-state index in [1.165, 1.54) is 4.88 Å². The fourth-order valence-electron chi connectivity index (χ4n) is 1.59. The van der Waals surface area contributed by atoms with Gasteiger partial charge in [0.15, 0.2) is 0 Å². The van der Waals surface area contributed by atoms with Crippen LogP contribution in [0.15, 0.2) is 35.7 Å². The maximum atomic E-state index is 5.64. The summed E-state index contributed by atoms with van der Waals surface area (Å²) >= 11 is 1.78. The Hall–Kier alpha value is -1.39. The standard InChI is InChI=1S/C12H15N3S/c1-15(9-11-5-3-7-16-11)8-10-4-2-6-12(13)14-10/h2-7H,8-9H2,1H3,(H2,13,14). The third-order valence-electron chi connectivity index (χ3n) is 2.27. The van der Waals surface area contributed by atoms with E-state index in [1.54, 1.807) is 11.3 Å². The van der Waals surface area contributed by atoms with Crippen LogP contribution in [-0.4, -0.2) is 16.9 Å². The molecule has 2 aromatic heterocycles. The second-order valence-electron chi connectivity index (χ2n) is 3.81. The highest BCUT2D eigenvalue weighted by Gasteiger charge is 2.03. The van der Waals surface area contributed by atoms with Crippen LogP contribution >= 0.6 is 11.3 Å². The van der Waals surface area contributed by atoms with Gasteiger partial charge in [0.05, 0.1) is 5.69 Å². The molecule has 0 atom stereocenters. The van der Waals surface area contributed by atoms with Crippen molar-refractivity contribution < 1.29 is 0 Å². The lowest BCUT2D eigenvalue weighted by atomic mass is 10.3. The number of nitrogens with two attached hydrogens (primary N) is 1. The first-order valence-corrected chi connectivity index (χ1v) is 6.04. The molecule has 0 saturated carbocycles. The fraction of sp³-hybridized carbons (Fsp3) is 0.250. The van der Waals surface area contributed by atoms with Crippen molar-refractivity contribution in [3.63, 3.8) is 0 Å². The highest BCUT2D eigenvalue weighted by atomic mass is 32.1. The van der Waals surface area contributed by atoms with Crippen molar-refractivity contribution >= 4 is 17.2 Å². The zero-order chi connectivity index (χ0) is 11.4. The summed E-state index contributed by atoms with van der Waals surface area (Å²) in [5, 5.41) is 2.10. The van der Waals surface area contributed by atoms with Gasteiger partial charge in [-0.05, 0) is 30.6 Å². The van der Waals surface area contributed by atoms with Crippen LogP contribution in [0.1, 0.15) is 10.6 Å². The Morgan fingerprint density at radius 3 is 2.81 bits per heavy atom. The van der Waals surface area contributed by atoms with Crippen LogP contribution in [0, 0.1) is 0 Å². The highest BCUT2D eigenvalue weighted by Crippen LogP contribution is 2.12. The molecular formula is C12H15N3S. The number of nitrogens with zero attached hydrogens (tertiary/aromatic N) is 2. The van der Waals surface area contributed by atoms with Crippen molar-refractivity contribution in [3.8, 4) is 0 Å². The van der Waals surface area contributed by atoms with Crippen LogP contribution in [0.3, 0.4) is 0 Å². The number of thiophene rings is 1. The maximum Gasteiger partial charge on any atom is 0.123 e. The van der Waals surface area contributed by atoms with E-state index in [-0.39, 0.29) is 0 Å². The minimum atomic E-state index is 0.585. The van der Waals surface area contributed by atoms with Gasteiger partial charge in [0.2, 0.25) is 0 Å². The topological polar surface area (TPSA) is 42.1 Å². The Kier molecular flexibility index (Phi) is 3.54. The number of aromatic nitrogens is 1. The van der Waals surface area contributed by atoms with Crippen LogP contribution in [0.5, 0.6) is 0 Å². The minimum absolute atomic E-state index is 0.585. The van der Waals surface area contributed by atoms with Crippen molar-refractivity contribution in [1.29, 1.82) is 0 Å². The Labute approximate surface area is 99.5 Å². The molecule has 0 radical (unpaired) electrons. The average molecular weight is 233 g/mol. The maximum absolute atomic E-state index is 5.64. The molecule has 0 spiro atoms.